The molecule has 6 rings (SSSR count). The molecule has 10 heteroatoms. The summed E-state index contributed by atoms with van der Waals surface area (Å²) in [7, 11) is 1.62. The maximum absolute atomic E-state index is 13.5. The minimum absolute atomic E-state index is 0.0676. The molecule has 0 radical (unpaired) electrons. The average Bonchev–Trinajstić information content (AvgIpc) is 3.40. The number of rotatable bonds is 3. The molecule has 34 heavy (non-hydrogen) atoms. The highest BCUT2D eigenvalue weighted by atomic mass is 35.5. The number of fused-ring (bicyclic) bond motifs is 5. The largest absolute Gasteiger partial charge is 0.396 e. The lowest BCUT2D eigenvalue weighted by Gasteiger charge is -2.47. The van der Waals surface area contributed by atoms with Crippen LogP contribution in [0.15, 0.2) is 29.5 Å². The van der Waals surface area contributed by atoms with Crippen molar-refractivity contribution in [1.82, 2.24) is 14.7 Å². The Balaban J connectivity index is 1.39. The van der Waals surface area contributed by atoms with Gasteiger partial charge in [0.2, 0.25) is 11.7 Å². The normalized spacial score (nSPS) is 34.3. The third kappa shape index (κ3) is 2.41. The molecule has 2 saturated carbocycles. The molecule has 2 aliphatic carbocycles. The number of likely N-dealkylation sites (tertiary alicyclic amines) is 1. The van der Waals surface area contributed by atoms with Crippen LogP contribution in [0.3, 0.4) is 0 Å². The van der Waals surface area contributed by atoms with Gasteiger partial charge in [0.25, 0.3) is 11.8 Å². The number of piperidine rings is 1. The van der Waals surface area contributed by atoms with E-state index in [0.717, 1.165) is 6.42 Å². The van der Waals surface area contributed by atoms with E-state index in [9.17, 15) is 28.7 Å². The zero-order valence-electron chi connectivity index (χ0n) is 18.5. The number of carbonyl (C=O) groups excluding carboxylic acids is 4. The van der Waals surface area contributed by atoms with Crippen molar-refractivity contribution < 1.29 is 28.7 Å². The van der Waals surface area contributed by atoms with Crippen molar-refractivity contribution in [3.8, 4) is 0 Å². The summed E-state index contributed by atoms with van der Waals surface area (Å²) >= 11 is 5.86. The zero-order chi connectivity index (χ0) is 24.2. The van der Waals surface area contributed by atoms with E-state index in [0.29, 0.717) is 24.0 Å². The first-order valence-electron chi connectivity index (χ1n) is 11.4. The molecule has 1 N–H and O–H groups in total. The van der Waals surface area contributed by atoms with Crippen LogP contribution in [0.25, 0.3) is 0 Å². The zero-order valence-corrected chi connectivity index (χ0v) is 19.3. The van der Waals surface area contributed by atoms with Gasteiger partial charge in [0.15, 0.2) is 0 Å². The molecule has 178 valence electrons. The van der Waals surface area contributed by atoms with E-state index in [2.05, 4.69) is 0 Å². The van der Waals surface area contributed by atoms with Gasteiger partial charge in [-0.15, -0.1) is 0 Å². The van der Waals surface area contributed by atoms with Gasteiger partial charge >= 0.3 is 0 Å². The molecule has 3 aliphatic heterocycles. The number of ketones is 1. The average molecular weight is 488 g/mol. The fraction of sp³-hybridized carbons (Fsp3) is 0.500. The Morgan fingerprint density at radius 3 is 2.65 bits per heavy atom. The van der Waals surface area contributed by atoms with Crippen molar-refractivity contribution >= 4 is 35.1 Å². The smallest absolute Gasteiger partial charge is 0.297 e. The number of aliphatic hydroxyl groups excluding tert-OH is 1. The fourth-order valence-electron chi connectivity index (χ4n) is 6.95. The summed E-state index contributed by atoms with van der Waals surface area (Å²) in [5, 5.41) is 10.2. The first kappa shape index (κ1) is 21.7. The minimum Gasteiger partial charge on any atom is -0.396 e. The van der Waals surface area contributed by atoms with Crippen LogP contribution in [-0.4, -0.2) is 69.2 Å². The van der Waals surface area contributed by atoms with Gasteiger partial charge in [0.05, 0.1) is 11.6 Å². The Kier molecular flexibility index (Phi) is 4.40. The van der Waals surface area contributed by atoms with Crippen molar-refractivity contribution in [2.45, 2.75) is 37.9 Å². The SMILES string of the molecule is CN1C(=O)C2=C3CCN(Cc4ccc(F)c(Cl)c4)C(=O)C3C(=O)C(=O)N2[C@]12CC[C@@H]1C[C@@]12CO. The molecule has 3 amide bonds. The number of benzene rings is 1. The number of halogens is 2. The molecule has 8 nitrogen and oxygen atoms in total. The molecular formula is C24H23ClFN3O5. The number of aliphatic hydroxyl groups is 1. The topological polar surface area (TPSA) is 98.2 Å². The molecule has 2 saturated heterocycles. The van der Waals surface area contributed by atoms with Crippen LogP contribution in [0.1, 0.15) is 31.2 Å². The maximum Gasteiger partial charge on any atom is 0.297 e. The molecular weight excluding hydrogens is 465 g/mol. The second kappa shape index (κ2) is 6.88. The van der Waals surface area contributed by atoms with E-state index in [1.807, 2.05) is 0 Å². The van der Waals surface area contributed by atoms with Crippen LogP contribution in [0.5, 0.6) is 0 Å². The molecule has 1 unspecified atom stereocenters. The van der Waals surface area contributed by atoms with Crippen LogP contribution in [0.4, 0.5) is 4.39 Å². The van der Waals surface area contributed by atoms with E-state index in [-0.39, 0.29) is 48.7 Å². The van der Waals surface area contributed by atoms with E-state index in [1.165, 1.54) is 32.9 Å². The van der Waals surface area contributed by atoms with Gasteiger partial charge in [-0.25, -0.2) is 4.39 Å². The van der Waals surface area contributed by atoms with Crippen molar-refractivity contribution in [2.24, 2.45) is 17.3 Å². The summed E-state index contributed by atoms with van der Waals surface area (Å²) in [6, 6.07) is 4.15. The molecule has 0 aromatic heterocycles. The summed E-state index contributed by atoms with van der Waals surface area (Å²) in [4.78, 5) is 58.0. The molecule has 1 spiro atoms. The van der Waals surface area contributed by atoms with Crippen LogP contribution in [-0.2, 0) is 25.7 Å². The Morgan fingerprint density at radius 1 is 1.21 bits per heavy atom. The molecule has 5 aliphatic rings. The summed E-state index contributed by atoms with van der Waals surface area (Å²) < 4.78 is 13.5. The first-order chi connectivity index (χ1) is 16.2. The van der Waals surface area contributed by atoms with Gasteiger partial charge in [-0.3, -0.25) is 24.1 Å². The lowest BCUT2D eigenvalue weighted by Crippen LogP contribution is -2.63. The number of hydrogen-bond donors (Lipinski definition) is 1. The Morgan fingerprint density at radius 2 is 1.97 bits per heavy atom. The van der Waals surface area contributed by atoms with Gasteiger partial charge in [-0.1, -0.05) is 17.7 Å². The second-order valence-corrected chi connectivity index (χ2v) is 10.4. The number of nitrogens with zero attached hydrogens (tertiary/aromatic N) is 3. The number of amides is 3. The predicted molar refractivity (Wildman–Crippen MR) is 116 cm³/mol. The number of hydrogen-bond acceptors (Lipinski definition) is 5. The molecule has 1 aromatic rings. The quantitative estimate of drug-likeness (QED) is 0.514. The molecule has 4 atom stereocenters. The predicted octanol–water partition coefficient (Wildman–Crippen LogP) is 1.45. The third-order valence-corrected chi connectivity index (χ3v) is 8.99. The van der Waals surface area contributed by atoms with Gasteiger partial charge in [-0.05, 0) is 54.9 Å². The van der Waals surface area contributed by atoms with Crippen molar-refractivity contribution in [3.63, 3.8) is 0 Å². The summed E-state index contributed by atoms with van der Waals surface area (Å²) in [6.07, 6.45) is 2.21. The molecule has 0 bridgehead atoms. The third-order valence-electron chi connectivity index (χ3n) is 8.70. The molecule has 1 aromatic carbocycles. The maximum atomic E-state index is 13.5. The van der Waals surface area contributed by atoms with Crippen LogP contribution >= 0.6 is 11.6 Å². The van der Waals surface area contributed by atoms with Crippen LogP contribution in [0, 0.1) is 23.1 Å². The summed E-state index contributed by atoms with van der Waals surface area (Å²) in [6.45, 7) is 0.179. The van der Waals surface area contributed by atoms with E-state index >= 15 is 0 Å². The van der Waals surface area contributed by atoms with Crippen molar-refractivity contribution in [2.75, 3.05) is 20.2 Å². The minimum atomic E-state index is -1.34. The number of carbonyl (C=O) groups is 4. The molecule has 3 heterocycles. The van der Waals surface area contributed by atoms with E-state index < -0.39 is 40.4 Å². The number of likely N-dealkylation sites (N-methyl/N-ethyl adjacent to an activating group) is 1. The summed E-state index contributed by atoms with van der Waals surface area (Å²) in [5.74, 6) is -4.34. The highest BCUT2D eigenvalue weighted by molar-refractivity contribution is 6.44. The second-order valence-electron chi connectivity index (χ2n) is 10.0. The fourth-order valence-corrected chi connectivity index (χ4v) is 7.16. The first-order valence-corrected chi connectivity index (χ1v) is 11.8. The number of Topliss-reactive ketones (excluding diaryl/α,β-unsaturated/α-hetero) is 1. The lowest BCUT2D eigenvalue weighted by molar-refractivity contribution is -0.160. The summed E-state index contributed by atoms with van der Waals surface area (Å²) in [5.41, 5.74) is -0.577. The van der Waals surface area contributed by atoms with Gasteiger partial charge in [-0.2, -0.15) is 0 Å². The van der Waals surface area contributed by atoms with Gasteiger partial charge in [0.1, 0.15) is 23.1 Å². The monoisotopic (exact) mass is 487 g/mol. The van der Waals surface area contributed by atoms with Gasteiger partial charge < -0.3 is 14.9 Å². The Labute approximate surface area is 199 Å². The van der Waals surface area contributed by atoms with E-state index in [4.69, 9.17) is 11.6 Å². The highest BCUT2D eigenvalue weighted by Crippen LogP contribution is 2.72. The lowest BCUT2D eigenvalue weighted by atomic mass is 9.80. The standard InChI is InChI=1S/C24H23ClFN3O5/c1-27-21(33)18-14-5-7-28(10-12-2-3-16(26)15(25)8-12)20(32)17(14)19(31)22(34)29(18)24(27)6-4-13-9-23(13,24)11-30/h2-3,8,13,17,30H,4-7,9-11H2,1H3/t13-,17?,23-,24+/m1/s1. The van der Waals surface area contributed by atoms with Gasteiger partial charge in [0, 0.05) is 25.6 Å². The van der Waals surface area contributed by atoms with Crippen molar-refractivity contribution in [3.05, 3.63) is 45.9 Å². The van der Waals surface area contributed by atoms with E-state index in [1.54, 1.807) is 7.05 Å². The Bertz CT molecular complexity index is 1230. The highest BCUT2D eigenvalue weighted by Gasteiger charge is 2.79. The van der Waals surface area contributed by atoms with Crippen LogP contribution < -0.4 is 0 Å². The van der Waals surface area contributed by atoms with Crippen molar-refractivity contribution in [1.29, 1.82) is 0 Å². The Hall–Kier alpha value is -2.78. The molecule has 4 fully saturated rings. The van der Waals surface area contributed by atoms with Crippen LogP contribution in [0.2, 0.25) is 5.02 Å².